The van der Waals surface area contributed by atoms with E-state index >= 15 is 0 Å². The van der Waals surface area contributed by atoms with Crippen molar-refractivity contribution in [2.24, 2.45) is 0 Å². The Labute approximate surface area is 213 Å². The number of likely N-dealkylation sites (N-methyl/N-ethyl adjacent to an activating group) is 1. The Morgan fingerprint density at radius 1 is 1.03 bits per heavy atom. The fourth-order valence-corrected chi connectivity index (χ4v) is 6.15. The molecular weight excluding hydrogens is 497 g/mol. The highest BCUT2D eigenvalue weighted by molar-refractivity contribution is 8.00. The molecule has 0 bridgehead atoms. The third-order valence-corrected chi connectivity index (χ3v) is 8.30. The van der Waals surface area contributed by atoms with Gasteiger partial charge in [-0.25, -0.2) is 4.90 Å². The van der Waals surface area contributed by atoms with Crippen molar-refractivity contribution in [1.82, 2.24) is 9.80 Å². The molecule has 4 rings (SSSR count). The van der Waals surface area contributed by atoms with Gasteiger partial charge in [0.1, 0.15) is 5.75 Å². The average molecular weight is 524 g/mol. The summed E-state index contributed by atoms with van der Waals surface area (Å²) >= 11 is 14.6. The molecule has 1 saturated heterocycles. The molecule has 0 saturated carbocycles. The van der Waals surface area contributed by atoms with Crippen molar-refractivity contribution in [1.29, 1.82) is 0 Å². The quantitative estimate of drug-likeness (QED) is 0.587. The molecule has 2 amide bonds. The first-order valence-corrected chi connectivity index (χ1v) is 12.6. The fraction of sp³-hybridized carbons (Fsp3) is 0.417. The van der Waals surface area contributed by atoms with Gasteiger partial charge < -0.3 is 14.4 Å². The number of carbonyl (C=O) groups excluding carboxylic acids is 2. The number of thioether (sulfide) groups is 1. The first kappa shape index (κ1) is 25.3. The topological polar surface area (TPSA) is 62.3 Å². The van der Waals surface area contributed by atoms with Crippen LogP contribution in [0.3, 0.4) is 0 Å². The van der Waals surface area contributed by atoms with Crippen molar-refractivity contribution in [3.8, 4) is 5.75 Å². The van der Waals surface area contributed by atoms with Crippen LogP contribution in [0.15, 0.2) is 41.3 Å². The minimum Gasteiger partial charge on any atom is -0.497 e. The number of piperazine rings is 1. The third-order valence-electron chi connectivity index (χ3n) is 6.14. The molecule has 0 N–H and O–H groups in total. The van der Waals surface area contributed by atoms with Crippen LogP contribution in [0.2, 0.25) is 10.0 Å². The maximum Gasteiger partial charge on any atom is 0.264 e. The maximum atomic E-state index is 13.9. The molecule has 2 unspecified atom stereocenters. The van der Waals surface area contributed by atoms with Gasteiger partial charge in [0.05, 0.1) is 39.5 Å². The van der Waals surface area contributed by atoms with Gasteiger partial charge in [-0.05, 0) is 36.9 Å². The summed E-state index contributed by atoms with van der Waals surface area (Å²) in [6.07, 6.45) is -0.922. The summed E-state index contributed by atoms with van der Waals surface area (Å²) in [5.41, 5.74) is 1.17. The number of fused-ring (bicyclic) bond motifs is 1. The van der Waals surface area contributed by atoms with E-state index in [1.165, 1.54) is 23.8 Å². The van der Waals surface area contributed by atoms with E-state index in [0.717, 1.165) is 31.7 Å². The predicted molar refractivity (Wildman–Crippen MR) is 135 cm³/mol. The first-order chi connectivity index (χ1) is 16.3. The summed E-state index contributed by atoms with van der Waals surface area (Å²) in [5, 5.41) is 0.265. The number of ether oxygens (including phenoxy) is 2. The van der Waals surface area contributed by atoms with E-state index in [1.54, 1.807) is 19.2 Å². The van der Waals surface area contributed by atoms with Gasteiger partial charge in [0.15, 0.2) is 6.10 Å². The third kappa shape index (κ3) is 5.08. The minimum absolute atomic E-state index is 0.107. The Morgan fingerprint density at radius 3 is 2.29 bits per heavy atom. The van der Waals surface area contributed by atoms with Crippen LogP contribution in [0.25, 0.3) is 0 Å². The maximum absolute atomic E-state index is 13.9. The summed E-state index contributed by atoms with van der Waals surface area (Å²) in [5.74, 6) is -0.107. The number of benzene rings is 2. The molecule has 2 aromatic carbocycles. The van der Waals surface area contributed by atoms with Gasteiger partial charge in [-0.2, -0.15) is 0 Å². The second-order valence-electron chi connectivity index (χ2n) is 8.32. The monoisotopic (exact) mass is 523 g/mol. The highest BCUT2D eigenvalue weighted by Gasteiger charge is 2.43. The molecule has 2 heterocycles. The molecule has 2 aliphatic rings. The lowest BCUT2D eigenvalue weighted by Crippen LogP contribution is -2.52. The zero-order chi connectivity index (χ0) is 24.4. The lowest BCUT2D eigenvalue weighted by atomic mass is 10.1. The first-order valence-electron chi connectivity index (χ1n) is 10.9. The number of hydrogen-bond acceptors (Lipinski definition) is 7. The standard InChI is InChI=1S/C24H27Cl2N3O4S/c1-27-10-12-28(13-11-27)14-19(30)29-20-17(25)8-9-18(26)23(20)34-22(21(33-3)24(29)31)15-4-6-16(32-2)7-5-15/h4-9,21-22H,10-14H2,1-3H3. The highest BCUT2D eigenvalue weighted by atomic mass is 35.5. The Balaban J connectivity index is 1.75. The van der Waals surface area contributed by atoms with Gasteiger partial charge in [-0.1, -0.05) is 35.3 Å². The zero-order valence-electron chi connectivity index (χ0n) is 19.3. The summed E-state index contributed by atoms with van der Waals surface area (Å²) in [6, 6.07) is 10.7. The number of nitrogens with zero attached hydrogens (tertiary/aromatic N) is 3. The second kappa shape index (κ2) is 10.8. The number of rotatable bonds is 5. The molecule has 1 fully saturated rings. The number of amides is 2. The van der Waals surface area contributed by atoms with Gasteiger partial charge in [0.25, 0.3) is 5.91 Å². The summed E-state index contributed by atoms with van der Waals surface area (Å²) in [7, 11) is 5.12. The van der Waals surface area contributed by atoms with Crippen LogP contribution >= 0.6 is 35.0 Å². The molecule has 7 nitrogen and oxygen atoms in total. The molecule has 10 heteroatoms. The smallest absolute Gasteiger partial charge is 0.264 e. The van der Waals surface area contributed by atoms with Crippen LogP contribution in [0.1, 0.15) is 10.8 Å². The van der Waals surface area contributed by atoms with Crippen molar-refractivity contribution in [3.05, 3.63) is 52.0 Å². The molecule has 2 atom stereocenters. The molecule has 0 spiro atoms. The number of anilines is 1. The molecule has 34 heavy (non-hydrogen) atoms. The molecule has 182 valence electrons. The average Bonchev–Trinajstić information content (AvgIpc) is 2.97. The van der Waals surface area contributed by atoms with E-state index in [9.17, 15) is 9.59 Å². The van der Waals surface area contributed by atoms with Crippen LogP contribution in [0.4, 0.5) is 5.69 Å². The summed E-state index contributed by atoms with van der Waals surface area (Å²) < 4.78 is 11.0. The molecule has 0 aliphatic carbocycles. The molecule has 0 aromatic heterocycles. The van der Waals surface area contributed by atoms with E-state index in [1.807, 2.05) is 24.3 Å². The van der Waals surface area contributed by atoms with Gasteiger partial charge in [0.2, 0.25) is 5.91 Å². The molecule has 2 aliphatic heterocycles. The Hall–Kier alpha value is -1.81. The van der Waals surface area contributed by atoms with Crippen molar-refractivity contribution in [3.63, 3.8) is 0 Å². The Morgan fingerprint density at radius 2 is 1.68 bits per heavy atom. The number of imide groups is 1. The highest BCUT2D eigenvalue weighted by Crippen LogP contribution is 2.51. The van der Waals surface area contributed by atoms with Crippen molar-refractivity contribution >= 4 is 52.5 Å². The van der Waals surface area contributed by atoms with E-state index in [-0.39, 0.29) is 17.5 Å². The number of hydrogen-bond donors (Lipinski definition) is 0. The largest absolute Gasteiger partial charge is 0.497 e. The van der Waals surface area contributed by atoms with E-state index < -0.39 is 17.3 Å². The fourth-order valence-electron chi connectivity index (χ4n) is 4.18. The van der Waals surface area contributed by atoms with Gasteiger partial charge in [0, 0.05) is 33.3 Å². The number of carbonyl (C=O) groups is 2. The van der Waals surface area contributed by atoms with Crippen LogP contribution in [0, 0.1) is 0 Å². The molecule has 2 aromatic rings. The summed E-state index contributed by atoms with van der Waals surface area (Å²) in [4.78, 5) is 33.5. The van der Waals surface area contributed by atoms with E-state index in [2.05, 4.69) is 16.8 Å². The second-order valence-corrected chi connectivity index (χ2v) is 10.3. The molecular formula is C24H27Cl2N3O4S. The zero-order valence-corrected chi connectivity index (χ0v) is 21.6. The van der Waals surface area contributed by atoms with Gasteiger partial charge in [-0.15, -0.1) is 11.8 Å². The van der Waals surface area contributed by atoms with Gasteiger partial charge >= 0.3 is 0 Å². The summed E-state index contributed by atoms with van der Waals surface area (Å²) in [6.45, 7) is 3.33. The minimum atomic E-state index is -0.922. The molecule has 0 radical (unpaired) electrons. The Kier molecular flexibility index (Phi) is 8.07. The number of methoxy groups -OCH3 is 2. The lowest BCUT2D eigenvalue weighted by molar-refractivity contribution is -0.133. The van der Waals surface area contributed by atoms with Crippen molar-refractivity contribution < 1.29 is 19.1 Å². The van der Waals surface area contributed by atoms with Crippen molar-refractivity contribution in [2.75, 3.05) is 58.9 Å². The normalized spacial score (nSPS) is 21.8. The van der Waals surface area contributed by atoms with Crippen LogP contribution in [-0.2, 0) is 14.3 Å². The predicted octanol–water partition coefficient (Wildman–Crippen LogP) is 3.97. The van der Waals surface area contributed by atoms with Crippen molar-refractivity contribution in [2.45, 2.75) is 16.2 Å². The SMILES string of the molecule is COc1ccc(C2Sc3c(Cl)ccc(Cl)c3N(C(=O)CN3CCN(C)CC3)C(=O)C2OC)cc1. The van der Waals surface area contributed by atoms with Crippen LogP contribution < -0.4 is 9.64 Å². The van der Waals surface area contributed by atoms with Crippen LogP contribution in [0.5, 0.6) is 5.75 Å². The van der Waals surface area contributed by atoms with Gasteiger partial charge in [-0.3, -0.25) is 14.5 Å². The van der Waals surface area contributed by atoms with E-state index in [0.29, 0.717) is 21.4 Å². The van der Waals surface area contributed by atoms with Crippen LogP contribution in [-0.4, -0.2) is 81.7 Å². The lowest BCUT2D eigenvalue weighted by Gasteiger charge is -2.33. The Bertz CT molecular complexity index is 1060. The van der Waals surface area contributed by atoms with E-state index in [4.69, 9.17) is 32.7 Å². The number of halogens is 2.